The molecule has 0 aromatic heterocycles. The lowest BCUT2D eigenvalue weighted by atomic mass is 10.1. The molecule has 1 unspecified atom stereocenters. The first-order valence-electron chi connectivity index (χ1n) is 8.02. The van der Waals surface area contributed by atoms with Crippen molar-refractivity contribution in [1.29, 1.82) is 0 Å². The van der Waals surface area contributed by atoms with E-state index in [0.717, 1.165) is 31.2 Å². The number of hydrogen-bond acceptors (Lipinski definition) is 5. The molecule has 0 saturated carbocycles. The minimum atomic E-state index is -4.72. The molecule has 0 fully saturated rings. The Hall–Kier alpha value is -2.04. The summed E-state index contributed by atoms with van der Waals surface area (Å²) in [6.07, 6.45) is -5.91. The molecule has 0 saturated heterocycles. The zero-order chi connectivity index (χ0) is 21.5. The fourth-order valence-electron chi connectivity index (χ4n) is 3.00. The number of rotatable bonds is 4. The van der Waals surface area contributed by atoms with Crippen molar-refractivity contribution in [2.45, 2.75) is 35.7 Å². The van der Waals surface area contributed by atoms with Crippen molar-refractivity contribution in [2.24, 2.45) is 0 Å². The van der Waals surface area contributed by atoms with Crippen molar-refractivity contribution in [3.8, 4) is 11.5 Å². The highest BCUT2D eigenvalue weighted by Crippen LogP contribution is 2.53. The average molecular weight is 455 g/mol. The zero-order valence-electron chi connectivity index (χ0n) is 14.5. The summed E-state index contributed by atoms with van der Waals surface area (Å²) in [6, 6.07) is 5.26. The molecule has 1 aliphatic carbocycles. The number of aliphatic hydroxyl groups excluding tert-OH is 1. The molecule has 2 aromatic rings. The number of fused-ring (bicyclic) bond motifs is 1. The van der Waals surface area contributed by atoms with Gasteiger partial charge in [0.1, 0.15) is 23.4 Å². The fraction of sp³-hybridized carbons (Fsp3) is 0.278. The Bertz CT molecular complexity index is 932. The molecule has 3 rings (SSSR count). The van der Waals surface area contributed by atoms with Crippen molar-refractivity contribution < 1.29 is 41.3 Å². The number of ether oxygens (including phenoxy) is 2. The number of aliphatic hydroxyl groups is 1. The molecule has 156 valence electrons. The van der Waals surface area contributed by atoms with Crippen LogP contribution >= 0.6 is 23.4 Å². The average Bonchev–Trinajstić information content (AvgIpc) is 2.80. The van der Waals surface area contributed by atoms with Gasteiger partial charge in [-0.25, -0.2) is 8.78 Å². The third-order valence-electron chi connectivity index (χ3n) is 3.96. The van der Waals surface area contributed by atoms with Crippen LogP contribution in [0.1, 0.15) is 30.3 Å². The van der Waals surface area contributed by atoms with Gasteiger partial charge < -0.3 is 14.6 Å². The van der Waals surface area contributed by atoms with E-state index >= 15 is 0 Å². The smallest absolute Gasteiger partial charge is 0.446 e. The van der Waals surface area contributed by atoms with Crippen molar-refractivity contribution in [3.05, 3.63) is 52.3 Å². The van der Waals surface area contributed by atoms with Gasteiger partial charge in [0, 0.05) is 34.0 Å². The van der Waals surface area contributed by atoms with E-state index in [0.29, 0.717) is 0 Å². The number of hydrogen-bond donors (Lipinski definition) is 1. The van der Waals surface area contributed by atoms with E-state index in [2.05, 4.69) is 0 Å². The number of halogens is 6. The molecule has 4 nitrogen and oxygen atoms in total. The second kappa shape index (κ2) is 8.00. The van der Waals surface area contributed by atoms with Crippen molar-refractivity contribution in [3.63, 3.8) is 0 Å². The molecule has 0 aliphatic heterocycles. The maximum absolute atomic E-state index is 14.6. The number of esters is 1. The van der Waals surface area contributed by atoms with Crippen LogP contribution < -0.4 is 4.74 Å². The van der Waals surface area contributed by atoms with E-state index in [9.17, 15) is 31.9 Å². The van der Waals surface area contributed by atoms with Gasteiger partial charge in [-0.15, -0.1) is 0 Å². The Kier molecular flexibility index (Phi) is 5.98. The van der Waals surface area contributed by atoms with Crippen LogP contribution in [0.2, 0.25) is 5.02 Å². The van der Waals surface area contributed by atoms with Crippen LogP contribution in [0.5, 0.6) is 11.5 Å². The van der Waals surface area contributed by atoms with E-state index in [4.69, 9.17) is 21.1 Å². The first-order valence-corrected chi connectivity index (χ1v) is 9.21. The van der Waals surface area contributed by atoms with Gasteiger partial charge in [0.25, 0.3) is 0 Å². The van der Waals surface area contributed by atoms with Crippen LogP contribution in [-0.4, -0.2) is 22.8 Å². The van der Waals surface area contributed by atoms with Gasteiger partial charge in [-0.1, -0.05) is 11.6 Å². The van der Waals surface area contributed by atoms with Crippen molar-refractivity contribution in [2.75, 3.05) is 0 Å². The molecule has 0 radical (unpaired) electrons. The Morgan fingerprint density at radius 1 is 1.21 bits per heavy atom. The van der Waals surface area contributed by atoms with Gasteiger partial charge in [-0.05, 0) is 36.0 Å². The number of alkyl halides is 4. The molecule has 0 bridgehead atoms. The molecule has 0 spiro atoms. The summed E-state index contributed by atoms with van der Waals surface area (Å²) >= 11 is 5.20. The Balaban J connectivity index is 2.13. The van der Waals surface area contributed by atoms with Crippen molar-refractivity contribution >= 4 is 29.3 Å². The SMILES string of the molecule is CC(=O)O[C@H]1c2c(SC(F)(F)F)ccc(Oc3cc(F)cc(Cl)c3)c2[C@H](O)C1F. The summed E-state index contributed by atoms with van der Waals surface area (Å²) in [4.78, 5) is 10.9. The molecule has 3 atom stereocenters. The van der Waals surface area contributed by atoms with E-state index < -0.39 is 52.3 Å². The van der Waals surface area contributed by atoms with Gasteiger partial charge >= 0.3 is 11.5 Å². The van der Waals surface area contributed by atoms with Gasteiger partial charge in [-0.2, -0.15) is 13.2 Å². The van der Waals surface area contributed by atoms with E-state index in [1.54, 1.807) is 0 Å². The molecule has 1 aliphatic rings. The van der Waals surface area contributed by atoms with Crippen LogP contribution in [0.4, 0.5) is 22.0 Å². The number of thioether (sulfide) groups is 1. The minimum Gasteiger partial charge on any atom is -0.457 e. The molecule has 29 heavy (non-hydrogen) atoms. The first-order chi connectivity index (χ1) is 13.5. The highest BCUT2D eigenvalue weighted by atomic mass is 35.5. The third-order valence-corrected chi connectivity index (χ3v) is 4.99. The number of benzene rings is 2. The first kappa shape index (κ1) is 21.7. The normalized spacial score (nSPS) is 21.0. The lowest BCUT2D eigenvalue weighted by Crippen LogP contribution is -2.18. The molecular weight excluding hydrogens is 443 g/mol. The van der Waals surface area contributed by atoms with Gasteiger partial charge in [0.2, 0.25) is 0 Å². The van der Waals surface area contributed by atoms with Gasteiger partial charge in [0.05, 0.1) is 0 Å². The highest BCUT2D eigenvalue weighted by molar-refractivity contribution is 8.00. The van der Waals surface area contributed by atoms with E-state index in [1.807, 2.05) is 0 Å². The van der Waals surface area contributed by atoms with Crippen LogP contribution in [0.3, 0.4) is 0 Å². The second-order valence-electron chi connectivity index (χ2n) is 6.06. The number of carbonyl (C=O) groups excluding carboxylic acids is 1. The molecule has 0 heterocycles. The van der Waals surface area contributed by atoms with E-state index in [-0.39, 0.29) is 27.6 Å². The van der Waals surface area contributed by atoms with Crippen LogP contribution in [-0.2, 0) is 9.53 Å². The summed E-state index contributed by atoms with van der Waals surface area (Å²) in [5, 5.41) is 10.3. The monoisotopic (exact) mass is 454 g/mol. The Morgan fingerprint density at radius 3 is 2.48 bits per heavy atom. The third kappa shape index (κ3) is 4.76. The van der Waals surface area contributed by atoms with Crippen LogP contribution in [0.25, 0.3) is 0 Å². The second-order valence-corrected chi connectivity index (χ2v) is 7.61. The molecule has 11 heteroatoms. The Morgan fingerprint density at radius 2 is 1.90 bits per heavy atom. The van der Waals surface area contributed by atoms with Crippen LogP contribution in [0, 0.1) is 5.82 Å². The van der Waals surface area contributed by atoms with Crippen molar-refractivity contribution in [1.82, 2.24) is 0 Å². The maximum Gasteiger partial charge on any atom is 0.446 e. The minimum absolute atomic E-state index is 0.0115. The predicted octanol–water partition coefficient (Wildman–Crippen LogP) is 5.87. The summed E-state index contributed by atoms with van der Waals surface area (Å²) in [5.41, 5.74) is -5.40. The molecule has 1 N–H and O–H groups in total. The topological polar surface area (TPSA) is 55.8 Å². The van der Waals surface area contributed by atoms with Gasteiger partial charge in [-0.3, -0.25) is 4.79 Å². The van der Waals surface area contributed by atoms with E-state index in [1.165, 1.54) is 6.07 Å². The Labute approximate surface area is 170 Å². The summed E-state index contributed by atoms with van der Waals surface area (Å²) in [7, 11) is 0. The maximum atomic E-state index is 14.6. The summed E-state index contributed by atoms with van der Waals surface area (Å²) in [5.74, 6) is -2.02. The fourth-order valence-corrected chi connectivity index (χ4v) is 3.93. The molecule has 2 aromatic carbocycles. The zero-order valence-corrected chi connectivity index (χ0v) is 16.0. The standard InChI is InChI=1S/C18H12ClF5O4S/c1-7(25)27-17-14-12(29-18(22,23)24)3-2-11(13(14)16(26)15(17)21)28-10-5-8(19)4-9(20)6-10/h2-6,15-17,26H,1H3/t15?,16-,17-/m0/s1. The summed E-state index contributed by atoms with van der Waals surface area (Å²) in [6.45, 7) is 0.961. The lowest BCUT2D eigenvalue weighted by molar-refractivity contribution is -0.151. The largest absolute Gasteiger partial charge is 0.457 e. The highest BCUT2D eigenvalue weighted by Gasteiger charge is 2.47. The van der Waals surface area contributed by atoms with Crippen LogP contribution in [0.15, 0.2) is 35.2 Å². The quantitative estimate of drug-likeness (QED) is 0.355. The number of carbonyl (C=O) groups is 1. The molecule has 0 amide bonds. The van der Waals surface area contributed by atoms with Gasteiger partial charge in [0.15, 0.2) is 12.3 Å². The molecular formula is C18H12ClF5O4S. The lowest BCUT2D eigenvalue weighted by Gasteiger charge is -2.18. The summed E-state index contributed by atoms with van der Waals surface area (Å²) < 4.78 is 77.3. The predicted molar refractivity (Wildman–Crippen MR) is 94.2 cm³/mol.